The van der Waals surface area contributed by atoms with Crippen LogP contribution in [0.4, 0.5) is 0 Å². The second kappa shape index (κ2) is 7.87. The predicted octanol–water partition coefficient (Wildman–Crippen LogP) is 3.21. The van der Waals surface area contributed by atoms with Crippen LogP contribution in [0.5, 0.6) is 11.5 Å². The van der Waals surface area contributed by atoms with Crippen LogP contribution in [0.25, 0.3) is 0 Å². The lowest BCUT2D eigenvalue weighted by molar-refractivity contribution is 0.0942. The number of nitrogens with one attached hydrogen (secondary N) is 1. The van der Waals surface area contributed by atoms with Gasteiger partial charge in [-0.3, -0.25) is 4.79 Å². The Morgan fingerprint density at radius 1 is 1.18 bits per heavy atom. The molecular formula is C15H14Cl2N2O3. The standard InChI is InChI=1S/C15H14Cl2N2O3/c1-21-11-4-2-3-5-12(11)22-9-8-18-15(20)14-10(16)6-7-13(17)19-14/h2-7H,8-9H2,1H3,(H,18,20). The monoisotopic (exact) mass is 340 g/mol. The van der Waals surface area contributed by atoms with Gasteiger partial charge in [0.2, 0.25) is 0 Å². The van der Waals surface area contributed by atoms with Crippen molar-refractivity contribution in [2.24, 2.45) is 0 Å². The molecule has 22 heavy (non-hydrogen) atoms. The van der Waals surface area contributed by atoms with Crippen molar-refractivity contribution in [1.82, 2.24) is 10.3 Å². The summed E-state index contributed by atoms with van der Waals surface area (Å²) < 4.78 is 10.7. The van der Waals surface area contributed by atoms with E-state index in [0.717, 1.165) is 0 Å². The highest BCUT2D eigenvalue weighted by Crippen LogP contribution is 2.25. The Morgan fingerprint density at radius 3 is 2.64 bits per heavy atom. The molecule has 0 fully saturated rings. The van der Waals surface area contributed by atoms with Crippen LogP contribution in [0, 0.1) is 0 Å². The van der Waals surface area contributed by atoms with Crippen molar-refractivity contribution >= 4 is 29.1 Å². The van der Waals surface area contributed by atoms with E-state index in [4.69, 9.17) is 32.7 Å². The Bertz CT molecular complexity index is 665. The summed E-state index contributed by atoms with van der Waals surface area (Å²) in [5.41, 5.74) is 0.0893. The molecule has 0 spiro atoms. The molecule has 5 nitrogen and oxygen atoms in total. The number of rotatable bonds is 6. The number of methoxy groups -OCH3 is 1. The largest absolute Gasteiger partial charge is 0.493 e. The van der Waals surface area contributed by atoms with Gasteiger partial charge in [0, 0.05) is 0 Å². The Kier molecular flexibility index (Phi) is 5.86. The number of ether oxygens (including phenoxy) is 2. The zero-order valence-electron chi connectivity index (χ0n) is 11.8. The number of carbonyl (C=O) groups excluding carboxylic acids is 1. The molecule has 0 aliphatic carbocycles. The Hall–Kier alpha value is -1.98. The molecule has 1 N–H and O–H groups in total. The van der Waals surface area contributed by atoms with Crippen molar-refractivity contribution in [2.45, 2.75) is 0 Å². The Labute approximate surface area is 138 Å². The zero-order valence-corrected chi connectivity index (χ0v) is 13.3. The third kappa shape index (κ3) is 4.26. The molecule has 0 saturated carbocycles. The van der Waals surface area contributed by atoms with Crippen molar-refractivity contribution < 1.29 is 14.3 Å². The van der Waals surface area contributed by atoms with E-state index in [0.29, 0.717) is 18.0 Å². The third-order valence-electron chi connectivity index (χ3n) is 2.74. The molecule has 1 aromatic carbocycles. The maximum Gasteiger partial charge on any atom is 0.271 e. The number of para-hydroxylation sites is 2. The van der Waals surface area contributed by atoms with Crippen molar-refractivity contribution in [3.63, 3.8) is 0 Å². The fourth-order valence-electron chi connectivity index (χ4n) is 1.72. The first-order valence-corrected chi connectivity index (χ1v) is 7.23. The van der Waals surface area contributed by atoms with Gasteiger partial charge in [-0.15, -0.1) is 0 Å². The molecule has 1 aromatic heterocycles. The summed E-state index contributed by atoms with van der Waals surface area (Å²) in [6.07, 6.45) is 0. The van der Waals surface area contributed by atoms with E-state index in [1.54, 1.807) is 19.2 Å². The topological polar surface area (TPSA) is 60.5 Å². The van der Waals surface area contributed by atoms with E-state index in [1.807, 2.05) is 12.1 Å². The summed E-state index contributed by atoms with van der Waals surface area (Å²) in [6, 6.07) is 10.3. The van der Waals surface area contributed by atoms with Crippen molar-refractivity contribution in [2.75, 3.05) is 20.3 Å². The molecule has 0 bridgehead atoms. The maximum absolute atomic E-state index is 12.0. The van der Waals surface area contributed by atoms with Gasteiger partial charge in [0.15, 0.2) is 11.5 Å². The molecular weight excluding hydrogens is 327 g/mol. The lowest BCUT2D eigenvalue weighted by Gasteiger charge is -2.11. The zero-order chi connectivity index (χ0) is 15.9. The van der Waals surface area contributed by atoms with Gasteiger partial charge in [0.25, 0.3) is 5.91 Å². The minimum Gasteiger partial charge on any atom is -0.493 e. The molecule has 0 aliphatic rings. The van der Waals surface area contributed by atoms with Crippen LogP contribution in [0.2, 0.25) is 10.2 Å². The number of benzene rings is 1. The molecule has 116 valence electrons. The van der Waals surface area contributed by atoms with Gasteiger partial charge < -0.3 is 14.8 Å². The summed E-state index contributed by atoms with van der Waals surface area (Å²) in [5.74, 6) is 0.836. The van der Waals surface area contributed by atoms with Gasteiger partial charge in [-0.1, -0.05) is 35.3 Å². The van der Waals surface area contributed by atoms with E-state index < -0.39 is 5.91 Å². The van der Waals surface area contributed by atoms with Crippen LogP contribution >= 0.6 is 23.2 Å². The summed E-state index contributed by atoms with van der Waals surface area (Å²) in [6.45, 7) is 0.575. The lowest BCUT2D eigenvalue weighted by Crippen LogP contribution is -2.29. The molecule has 0 aliphatic heterocycles. The van der Waals surface area contributed by atoms with Crippen molar-refractivity contribution in [3.05, 3.63) is 52.3 Å². The number of hydrogen-bond donors (Lipinski definition) is 1. The average molecular weight is 341 g/mol. The lowest BCUT2D eigenvalue weighted by atomic mass is 10.3. The van der Waals surface area contributed by atoms with Crippen LogP contribution in [-0.2, 0) is 0 Å². The van der Waals surface area contributed by atoms with Crippen LogP contribution in [0.1, 0.15) is 10.5 Å². The first-order chi connectivity index (χ1) is 10.6. The van der Waals surface area contributed by atoms with Crippen molar-refractivity contribution in [1.29, 1.82) is 0 Å². The van der Waals surface area contributed by atoms with E-state index in [1.165, 1.54) is 12.1 Å². The Morgan fingerprint density at radius 2 is 1.91 bits per heavy atom. The number of pyridine rings is 1. The van der Waals surface area contributed by atoms with E-state index >= 15 is 0 Å². The van der Waals surface area contributed by atoms with E-state index in [2.05, 4.69) is 10.3 Å². The van der Waals surface area contributed by atoms with E-state index in [9.17, 15) is 4.79 Å². The number of halogens is 2. The number of carbonyl (C=O) groups is 1. The normalized spacial score (nSPS) is 10.1. The third-order valence-corrected chi connectivity index (χ3v) is 3.26. The number of nitrogens with zero attached hydrogens (tertiary/aromatic N) is 1. The van der Waals surface area contributed by atoms with Crippen LogP contribution in [0.3, 0.4) is 0 Å². The summed E-state index contributed by atoms with van der Waals surface area (Å²) in [4.78, 5) is 15.9. The highest BCUT2D eigenvalue weighted by Gasteiger charge is 2.12. The second-order valence-electron chi connectivity index (χ2n) is 4.22. The van der Waals surface area contributed by atoms with E-state index in [-0.39, 0.29) is 22.5 Å². The number of aromatic nitrogens is 1. The molecule has 0 unspecified atom stereocenters. The van der Waals surface area contributed by atoms with Gasteiger partial charge in [0.05, 0.1) is 18.7 Å². The minimum absolute atomic E-state index is 0.0893. The summed E-state index contributed by atoms with van der Waals surface area (Å²) in [5, 5.41) is 3.12. The number of amides is 1. The fourth-order valence-corrected chi connectivity index (χ4v) is 2.06. The van der Waals surface area contributed by atoms with Crippen LogP contribution in [0.15, 0.2) is 36.4 Å². The van der Waals surface area contributed by atoms with Gasteiger partial charge >= 0.3 is 0 Å². The maximum atomic E-state index is 12.0. The molecule has 0 radical (unpaired) electrons. The fraction of sp³-hybridized carbons (Fsp3) is 0.200. The van der Waals surface area contributed by atoms with Crippen LogP contribution in [-0.4, -0.2) is 31.2 Å². The second-order valence-corrected chi connectivity index (χ2v) is 5.01. The Balaban J connectivity index is 1.86. The predicted molar refractivity (Wildman–Crippen MR) is 85.1 cm³/mol. The van der Waals surface area contributed by atoms with Crippen molar-refractivity contribution in [3.8, 4) is 11.5 Å². The molecule has 1 heterocycles. The molecule has 2 aromatic rings. The van der Waals surface area contributed by atoms with Gasteiger partial charge in [0.1, 0.15) is 17.5 Å². The molecule has 2 rings (SSSR count). The highest BCUT2D eigenvalue weighted by atomic mass is 35.5. The summed E-state index contributed by atoms with van der Waals surface area (Å²) >= 11 is 11.7. The highest BCUT2D eigenvalue weighted by molar-refractivity contribution is 6.34. The minimum atomic E-state index is -0.406. The quantitative estimate of drug-likeness (QED) is 0.647. The van der Waals surface area contributed by atoms with Gasteiger partial charge in [-0.05, 0) is 24.3 Å². The first kappa shape index (κ1) is 16.4. The molecule has 0 atom stereocenters. The SMILES string of the molecule is COc1ccccc1OCCNC(=O)c1nc(Cl)ccc1Cl. The van der Waals surface area contributed by atoms with Crippen LogP contribution < -0.4 is 14.8 Å². The van der Waals surface area contributed by atoms with Gasteiger partial charge in [-0.25, -0.2) is 4.98 Å². The summed E-state index contributed by atoms with van der Waals surface area (Å²) in [7, 11) is 1.57. The average Bonchev–Trinajstić information content (AvgIpc) is 2.54. The molecule has 1 amide bonds. The smallest absolute Gasteiger partial charge is 0.271 e. The molecule has 0 saturated heterocycles. The first-order valence-electron chi connectivity index (χ1n) is 6.48. The number of hydrogen-bond acceptors (Lipinski definition) is 4. The van der Waals surface area contributed by atoms with Gasteiger partial charge in [-0.2, -0.15) is 0 Å². The molecule has 7 heteroatoms.